The lowest BCUT2D eigenvalue weighted by Gasteiger charge is -2.17. The molecule has 0 spiro atoms. The van der Waals surface area contributed by atoms with Gasteiger partial charge in [-0.05, 0) is 37.8 Å². The van der Waals surface area contributed by atoms with Gasteiger partial charge in [0.2, 0.25) is 0 Å². The molecule has 0 radical (unpaired) electrons. The minimum Gasteiger partial charge on any atom is -0.304 e. The van der Waals surface area contributed by atoms with Crippen LogP contribution >= 0.6 is 0 Å². The Balaban J connectivity index is 1.98. The van der Waals surface area contributed by atoms with Gasteiger partial charge in [-0.25, -0.2) is 10.0 Å². The fraction of sp³-hybridized carbons (Fsp3) is 0.250. The molecule has 29 heavy (non-hydrogen) atoms. The summed E-state index contributed by atoms with van der Waals surface area (Å²) < 4.78 is 1.80. The normalized spacial score (nSPS) is 11.7. The SMILES string of the molecule is C=C(NN(C)C)n1nc(C)c(-c2ccccc2)c1N=C(C)CCc1ccccc1. The van der Waals surface area contributed by atoms with Crippen LogP contribution in [0.1, 0.15) is 24.6 Å². The average Bonchev–Trinajstić information content (AvgIpc) is 3.03. The summed E-state index contributed by atoms with van der Waals surface area (Å²) >= 11 is 0. The highest BCUT2D eigenvalue weighted by Gasteiger charge is 2.18. The highest BCUT2D eigenvalue weighted by Crippen LogP contribution is 2.35. The molecule has 0 unspecified atom stereocenters. The molecule has 0 aliphatic carbocycles. The van der Waals surface area contributed by atoms with Gasteiger partial charge in [-0.3, -0.25) is 0 Å². The van der Waals surface area contributed by atoms with E-state index in [1.165, 1.54) is 5.56 Å². The Morgan fingerprint density at radius 2 is 1.69 bits per heavy atom. The highest BCUT2D eigenvalue weighted by molar-refractivity contribution is 5.88. The molecule has 1 N–H and O–H groups in total. The third kappa shape index (κ3) is 5.21. The lowest BCUT2D eigenvalue weighted by Crippen LogP contribution is -2.31. The number of nitrogens with one attached hydrogen (secondary N) is 1. The van der Waals surface area contributed by atoms with Crippen LogP contribution in [0.2, 0.25) is 0 Å². The molecule has 0 amide bonds. The van der Waals surface area contributed by atoms with E-state index < -0.39 is 0 Å². The topological polar surface area (TPSA) is 45.5 Å². The van der Waals surface area contributed by atoms with Crippen molar-refractivity contribution in [1.82, 2.24) is 20.2 Å². The molecule has 5 nitrogen and oxygen atoms in total. The van der Waals surface area contributed by atoms with E-state index >= 15 is 0 Å². The number of aromatic nitrogens is 2. The summed E-state index contributed by atoms with van der Waals surface area (Å²) in [5, 5.41) is 6.58. The molecule has 0 atom stereocenters. The number of hydrogen-bond donors (Lipinski definition) is 1. The summed E-state index contributed by atoms with van der Waals surface area (Å²) in [5.74, 6) is 1.47. The largest absolute Gasteiger partial charge is 0.304 e. The van der Waals surface area contributed by atoms with E-state index in [4.69, 9.17) is 10.1 Å². The Kier molecular flexibility index (Phi) is 6.62. The van der Waals surface area contributed by atoms with E-state index in [0.717, 1.165) is 41.2 Å². The van der Waals surface area contributed by atoms with Gasteiger partial charge in [0.15, 0.2) is 5.82 Å². The van der Waals surface area contributed by atoms with E-state index in [0.29, 0.717) is 5.82 Å². The number of aliphatic imine (C=N–C) groups is 1. The van der Waals surface area contributed by atoms with E-state index in [1.807, 2.05) is 50.3 Å². The zero-order valence-electron chi connectivity index (χ0n) is 17.7. The molecule has 0 fully saturated rings. The summed E-state index contributed by atoms with van der Waals surface area (Å²) in [5.41, 5.74) is 8.62. The van der Waals surface area contributed by atoms with Gasteiger partial charge < -0.3 is 5.43 Å². The highest BCUT2D eigenvalue weighted by atomic mass is 15.5. The second-order valence-electron chi connectivity index (χ2n) is 7.35. The summed E-state index contributed by atoms with van der Waals surface area (Å²) in [6.45, 7) is 8.24. The predicted octanol–water partition coefficient (Wildman–Crippen LogP) is 5.08. The number of benzene rings is 2. The second-order valence-corrected chi connectivity index (χ2v) is 7.35. The molecule has 1 heterocycles. The maximum atomic E-state index is 5.00. The van der Waals surface area contributed by atoms with Crippen molar-refractivity contribution in [3.05, 3.63) is 78.5 Å². The fourth-order valence-corrected chi connectivity index (χ4v) is 3.26. The van der Waals surface area contributed by atoms with Gasteiger partial charge >= 0.3 is 0 Å². The van der Waals surface area contributed by atoms with Crippen molar-refractivity contribution in [3.8, 4) is 11.1 Å². The van der Waals surface area contributed by atoms with Crippen LogP contribution < -0.4 is 5.43 Å². The first-order chi connectivity index (χ1) is 14.0. The number of rotatable bonds is 8. The molecule has 0 saturated heterocycles. The maximum absolute atomic E-state index is 5.00. The molecule has 0 aliphatic heterocycles. The Morgan fingerprint density at radius 3 is 2.31 bits per heavy atom. The Bertz CT molecular complexity index is 985. The smallest absolute Gasteiger partial charge is 0.165 e. The lowest BCUT2D eigenvalue weighted by atomic mass is 10.1. The van der Waals surface area contributed by atoms with Crippen molar-refractivity contribution in [1.29, 1.82) is 0 Å². The molecule has 150 valence electrons. The van der Waals surface area contributed by atoms with Crippen LogP contribution in [0.3, 0.4) is 0 Å². The maximum Gasteiger partial charge on any atom is 0.165 e. The third-order valence-electron chi connectivity index (χ3n) is 4.62. The standard InChI is InChI=1S/C24H29N5/c1-18(16-17-21-12-8-6-9-13-21)25-24-23(22-14-10-7-11-15-22)19(2)26-29(24)20(3)27-28(4)5/h6-15,27H,3,16-17H2,1-2,4-5H3. The monoisotopic (exact) mass is 387 g/mol. The molecule has 1 aromatic heterocycles. The summed E-state index contributed by atoms with van der Waals surface area (Å²) in [6, 6.07) is 20.8. The number of hydrogen-bond acceptors (Lipinski definition) is 4. The summed E-state index contributed by atoms with van der Waals surface area (Å²) in [7, 11) is 3.85. The van der Waals surface area contributed by atoms with E-state index in [-0.39, 0.29) is 0 Å². The first-order valence-electron chi connectivity index (χ1n) is 9.82. The van der Waals surface area contributed by atoms with Crippen LogP contribution in [-0.4, -0.2) is 34.6 Å². The van der Waals surface area contributed by atoms with Crippen molar-refractivity contribution in [2.24, 2.45) is 4.99 Å². The van der Waals surface area contributed by atoms with E-state index in [1.54, 1.807) is 4.68 Å². The average molecular weight is 388 g/mol. The summed E-state index contributed by atoms with van der Waals surface area (Å²) in [4.78, 5) is 5.00. The van der Waals surface area contributed by atoms with Gasteiger partial charge in [0.1, 0.15) is 5.82 Å². The van der Waals surface area contributed by atoms with Gasteiger partial charge in [-0.1, -0.05) is 67.2 Å². The van der Waals surface area contributed by atoms with Crippen LogP contribution in [0.15, 0.2) is 72.2 Å². The van der Waals surface area contributed by atoms with E-state index in [2.05, 4.69) is 55.3 Å². The molecular weight excluding hydrogens is 358 g/mol. The van der Waals surface area contributed by atoms with E-state index in [9.17, 15) is 0 Å². The van der Waals surface area contributed by atoms with Crippen molar-refractivity contribution in [2.75, 3.05) is 14.1 Å². The molecule has 0 bridgehead atoms. The fourth-order valence-electron chi connectivity index (χ4n) is 3.26. The van der Waals surface area contributed by atoms with Crippen LogP contribution in [0.4, 0.5) is 5.82 Å². The zero-order valence-corrected chi connectivity index (χ0v) is 17.7. The minimum atomic E-state index is 0.662. The van der Waals surface area contributed by atoms with Crippen LogP contribution in [-0.2, 0) is 6.42 Å². The number of nitrogens with zero attached hydrogens (tertiary/aromatic N) is 4. The Labute approximate surface area is 173 Å². The molecular formula is C24H29N5. The minimum absolute atomic E-state index is 0.662. The van der Waals surface area contributed by atoms with Crippen molar-refractivity contribution < 1.29 is 0 Å². The Hall–Kier alpha value is -3.18. The van der Waals surface area contributed by atoms with Crippen molar-refractivity contribution in [3.63, 3.8) is 0 Å². The lowest BCUT2D eigenvalue weighted by molar-refractivity contribution is 0.343. The molecule has 2 aromatic carbocycles. The Morgan fingerprint density at radius 1 is 1.07 bits per heavy atom. The van der Waals surface area contributed by atoms with Crippen LogP contribution in [0, 0.1) is 6.92 Å². The second kappa shape index (κ2) is 9.34. The van der Waals surface area contributed by atoms with Gasteiger partial charge in [0.25, 0.3) is 0 Å². The summed E-state index contributed by atoms with van der Waals surface area (Å²) in [6.07, 6.45) is 1.84. The molecule has 3 aromatic rings. The zero-order chi connectivity index (χ0) is 20.8. The molecule has 3 rings (SSSR count). The van der Waals surface area contributed by atoms with Gasteiger partial charge in [-0.15, -0.1) is 0 Å². The number of aryl methyl sites for hydroxylation is 2. The first kappa shape index (κ1) is 20.6. The van der Waals surface area contributed by atoms with Crippen molar-refractivity contribution in [2.45, 2.75) is 26.7 Å². The van der Waals surface area contributed by atoms with Gasteiger partial charge in [0, 0.05) is 25.4 Å². The first-order valence-corrected chi connectivity index (χ1v) is 9.82. The molecule has 5 heteroatoms. The quantitative estimate of drug-likeness (QED) is 0.433. The predicted molar refractivity (Wildman–Crippen MR) is 122 cm³/mol. The van der Waals surface area contributed by atoms with Gasteiger partial charge in [0.05, 0.1) is 5.69 Å². The van der Waals surface area contributed by atoms with Crippen LogP contribution in [0.5, 0.6) is 0 Å². The van der Waals surface area contributed by atoms with Crippen molar-refractivity contribution >= 4 is 17.4 Å². The number of hydrazine groups is 1. The molecule has 0 saturated carbocycles. The van der Waals surface area contributed by atoms with Crippen LogP contribution in [0.25, 0.3) is 16.9 Å². The van der Waals surface area contributed by atoms with Gasteiger partial charge in [-0.2, -0.15) is 9.78 Å². The molecule has 0 aliphatic rings. The third-order valence-corrected chi connectivity index (χ3v) is 4.62.